The van der Waals surface area contributed by atoms with Crippen molar-refractivity contribution in [2.75, 3.05) is 38.7 Å². The smallest absolute Gasteiger partial charge is 0.253 e. The Morgan fingerprint density at radius 2 is 1.81 bits per heavy atom. The summed E-state index contributed by atoms with van der Waals surface area (Å²) in [6.07, 6.45) is 1.16. The van der Waals surface area contributed by atoms with Gasteiger partial charge in [-0.3, -0.25) is 9.59 Å². The number of hydrogen-bond donors (Lipinski definition) is 2. The second kappa shape index (κ2) is 10.5. The van der Waals surface area contributed by atoms with Crippen molar-refractivity contribution in [3.63, 3.8) is 0 Å². The summed E-state index contributed by atoms with van der Waals surface area (Å²) in [5.41, 5.74) is 0.738. The first-order valence-electron chi connectivity index (χ1n) is 10.2. The van der Waals surface area contributed by atoms with Crippen LogP contribution in [-0.4, -0.2) is 57.9 Å². The van der Waals surface area contributed by atoms with Crippen LogP contribution in [-0.2, 0) is 19.6 Å². The van der Waals surface area contributed by atoms with E-state index in [2.05, 4.69) is 10.6 Å². The first kappa shape index (κ1) is 22.9. The number of sulfonamides is 1. The van der Waals surface area contributed by atoms with Crippen LogP contribution in [0, 0.1) is 5.92 Å². The molecule has 3 rings (SSSR count). The highest BCUT2D eigenvalue weighted by Gasteiger charge is 2.33. The molecule has 9 heteroatoms. The van der Waals surface area contributed by atoms with Crippen LogP contribution in [0.3, 0.4) is 0 Å². The Morgan fingerprint density at radius 1 is 1.10 bits per heavy atom. The topological polar surface area (TPSA) is 105 Å². The van der Waals surface area contributed by atoms with Crippen LogP contribution < -0.4 is 10.6 Å². The van der Waals surface area contributed by atoms with Crippen molar-refractivity contribution < 1.29 is 22.7 Å². The van der Waals surface area contributed by atoms with Crippen molar-refractivity contribution in [2.45, 2.75) is 17.7 Å². The zero-order chi connectivity index (χ0) is 22.3. The van der Waals surface area contributed by atoms with E-state index in [0.29, 0.717) is 43.8 Å². The molecule has 0 aliphatic carbocycles. The summed E-state index contributed by atoms with van der Waals surface area (Å²) in [5.74, 6) is -1.12. The van der Waals surface area contributed by atoms with Gasteiger partial charge in [-0.1, -0.05) is 30.3 Å². The Balaban J connectivity index is 1.69. The summed E-state index contributed by atoms with van der Waals surface area (Å²) < 4.78 is 32.1. The number of methoxy groups -OCH3 is 1. The minimum atomic E-state index is -3.66. The number of para-hydroxylation sites is 1. The molecule has 31 heavy (non-hydrogen) atoms. The van der Waals surface area contributed by atoms with Crippen LogP contribution in [0.2, 0.25) is 0 Å². The maximum atomic E-state index is 12.9. The van der Waals surface area contributed by atoms with Gasteiger partial charge in [-0.05, 0) is 37.1 Å². The van der Waals surface area contributed by atoms with Crippen molar-refractivity contribution in [3.05, 3.63) is 60.2 Å². The molecule has 0 spiro atoms. The number of hydrogen-bond acceptors (Lipinski definition) is 5. The van der Waals surface area contributed by atoms with Gasteiger partial charge in [0, 0.05) is 26.7 Å². The number of ether oxygens (including phenoxy) is 1. The van der Waals surface area contributed by atoms with E-state index in [9.17, 15) is 18.0 Å². The highest BCUT2D eigenvalue weighted by Crippen LogP contribution is 2.25. The molecule has 1 unspecified atom stereocenters. The Morgan fingerprint density at radius 3 is 2.55 bits per heavy atom. The summed E-state index contributed by atoms with van der Waals surface area (Å²) in [5, 5.41) is 5.55. The van der Waals surface area contributed by atoms with Gasteiger partial charge in [0.1, 0.15) is 0 Å². The fourth-order valence-corrected chi connectivity index (χ4v) is 5.05. The maximum Gasteiger partial charge on any atom is 0.253 e. The molecule has 1 heterocycles. The number of anilines is 1. The van der Waals surface area contributed by atoms with Crippen LogP contribution in [0.4, 0.5) is 5.69 Å². The van der Waals surface area contributed by atoms with Crippen LogP contribution in [0.25, 0.3) is 0 Å². The van der Waals surface area contributed by atoms with E-state index in [1.807, 2.05) is 0 Å². The molecule has 1 saturated heterocycles. The molecule has 0 saturated carbocycles. The van der Waals surface area contributed by atoms with Crippen molar-refractivity contribution >= 4 is 27.5 Å². The van der Waals surface area contributed by atoms with Crippen LogP contribution in [0.15, 0.2) is 59.5 Å². The molecule has 8 nitrogen and oxygen atoms in total. The van der Waals surface area contributed by atoms with E-state index >= 15 is 0 Å². The van der Waals surface area contributed by atoms with Gasteiger partial charge >= 0.3 is 0 Å². The standard InChI is InChI=1S/C22H27N3O5S/c1-30-15-13-23-22(27)19-11-5-6-12-20(19)24-21(26)17-8-7-14-25(16-17)31(28,29)18-9-3-2-4-10-18/h2-6,9-12,17H,7-8,13-16H2,1H3,(H,23,27)(H,24,26). The second-order valence-corrected chi connectivity index (χ2v) is 9.24. The van der Waals surface area contributed by atoms with E-state index in [4.69, 9.17) is 4.74 Å². The number of carbonyl (C=O) groups is 2. The summed E-state index contributed by atoms with van der Waals surface area (Å²) >= 11 is 0. The van der Waals surface area contributed by atoms with E-state index in [1.54, 1.807) is 61.7 Å². The minimum Gasteiger partial charge on any atom is -0.383 e. The van der Waals surface area contributed by atoms with Gasteiger partial charge in [0.05, 0.1) is 28.7 Å². The molecule has 0 radical (unpaired) electrons. The second-order valence-electron chi connectivity index (χ2n) is 7.30. The van der Waals surface area contributed by atoms with Crippen LogP contribution in [0.1, 0.15) is 23.2 Å². The molecular formula is C22H27N3O5S. The molecule has 166 valence electrons. The van der Waals surface area contributed by atoms with E-state index in [-0.39, 0.29) is 23.3 Å². The summed E-state index contributed by atoms with van der Waals surface area (Å²) in [7, 11) is -2.11. The molecular weight excluding hydrogens is 418 g/mol. The maximum absolute atomic E-state index is 12.9. The van der Waals surface area contributed by atoms with E-state index in [1.165, 1.54) is 4.31 Å². The summed E-state index contributed by atoms with van der Waals surface area (Å²) in [6, 6.07) is 15.0. The highest BCUT2D eigenvalue weighted by atomic mass is 32.2. The molecule has 1 atom stereocenters. The molecule has 1 aliphatic heterocycles. The van der Waals surface area contributed by atoms with Crippen LogP contribution >= 0.6 is 0 Å². The van der Waals surface area contributed by atoms with Gasteiger partial charge in [-0.25, -0.2) is 8.42 Å². The SMILES string of the molecule is COCCNC(=O)c1ccccc1NC(=O)C1CCCN(S(=O)(=O)c2ccccc2)C1. The zero-order valence-electron chi connectivity index (χ0n) is 17.4. The Labute approximate surface area is 182 Å². The van der Waals surface area contributed by atoms with E-state index in [0.717, 1.165) is 0 Å². The predicted octanol–water partition coefficient (Wildman–Crippen LogP) is 2.10. The lowest BCUT2D eigenvalue weighted by atomic mass is 9.98. The third-order valence-electron chi connectivity index (χ3n) is 5.16. The number of nitrogens with zero attached hydrogens (tertiary/aromatic N) is 1. The van der Waals surface area contributed by atoms with Gasteiger partial charge in [0.25, 0.3) is 5.91 Å². The molecule has 2 aromatic carbocycles. The Kier molecular flexibility index (Phi) is 7.78. The molecule has 0 aromatic heterocycles. The molecule has 0 bridgehead atoms. The minimum absolute atomic E-state index is 0.102. The predicted molar refractivity (Wildman–Crippen MR) is 117 cm³/mol. The molecule has 1 fully saturated rings. The first-order chi connectivity index (χ1) is 14.9. The summed E-state index contributed by atoms with van der Waals surface area (Å²) in [4.78, 5) is 25.6. The van der Waals surface area contributed by atoms with Crippen LogP contribution in [0.5, 0.6) is 0 Å². The van der Waals surface area contributed by atoms with Crippen molar-refractivity contribution in [3.8, 4) is 0 Å². The van der Waals surface area contributed by atoms with Gasteiger partial charge in [-0.15, -0.1) is 0 Å². The third kappa shape index (κ3) is 5.69. The van der Waals surface area contributed by atoms with E-state index < -0.39 is 15.9 Å². The fourth-order valence-electron chi connectivity index (χ4n) is 3.50. The van der Waals surface area contributed by atoms with Gasteiger partial charge in [0.2, 0.25) is 15.9 Å². The van der Waals surface area contributed by atoms with Crippen molar-refractivity contribution in [2.24, 2.45) is 5.92 Å². The zero-order valence-corrected chi connectivity index (χ0v) is 18.2. The van der Waals surface area contributed by atoms with Crippen molar-refractivity contribution in [1.82, 2.24) is 9.62 Å². The average molecular weight is 446 g/mol. The lowest BCUT2D eigenvalue weighted by molar-refractivity contribution is -0.120. The number of rotatable bonds is 8. The lowest BCUT2D eigenvalue weighted by Gasteiger charge is -2.31. The van der Waals surface area contributed by atoms with Gasteiger partial charge in [0.15, 0.2) is 0 Å². The fraction of sp³-hybridized carbons (Fsp3) is 0.364. The number of amides is 2. The summed E-state index contributed by atoms with van der Waals surface area (Å²) in [6.45, 7) is 1.21. The van der Waals surface area contributed by atoms with Gasteiger partial charge in [-0.2, -0.15) is 4.31 Å². The molecule has 2 aromatic rings. The Hall–Kier alpha value is -2.75. The van der Waals surface area contributed by atoms with Crippen molar-refractivity contribution in [1.29, 1.82) is 0 Å². The molecule has 2 amide bonds. The lowest BCUT2D eigenvalue weighted by Crippen LogP contribution is -2.43. The third-order valence-corrected chi connectivity index (χ3v) is 7.04. The Bertz CT molecular complexity index is 1010. The molecule has 2 N–H and O–H groups in total. The highest BCUT2D eigenvalue weighted by molar-refractivity contribution is 7.89. The van der Waals surface area contributed by atoms with Gasteiger partial charge < -0.3 is 15.4 Å². The number of carbonyl (C=O) groups excluding carboxylic acids is 2. The number of benzene rings is 2. The normalized spacial score (nSPS) is 17.1. The largest absolute Gasteiger partial charge is 0.383 e. The average Bonchev–Trinajstić information content (AvgIpc) is 2.80. The quantitative estimate of drug-likeness (QED) is 0.606. The first-order valence-corrected chi connectivity index (χ1v) is 11.6. The molecule has 1 aliphatic rings. The number of piperidine rings is 1. The number of nitrogens with one attached hydrogen (secondary N) is 2. The monoisotopic (exact) mass is 445 g/mol.